The number of hydrogen-bond acceptors (Lipinski definition) is 7. The lowest BCUT2D eigenvalue weighted by molar-refractivity contribution is 0.546. The van der Waals surface area contributed by atoms with E-state index < -0.39 is 16.1 Å². The van der Waals surface area contributed by atoms with Crippen LogP contribution in [0.1, 0.15) is 203 Å². The largest absolute Gasteiger partial charge is 0.586 e. The third kappa shape index (κ3) is 11.6. The molecule has 7 rings (SSSR count). The van der Waals surface area contributed by atoms with Crippen molar-refractivity contribution in [2.24, 2.45) is 0 Å². The lowest BCUT2D eigenvalue weighted by Crippen LogP contribution is -2.28. The lowest BCUT2D eigenvalue weighted by Gasteiger charge is -2.31. The van der Waals surface area contributed by atoms with Gasteiger partial charge in [-0.3, -0.25) is 0 Å². The van der Waals surface area contributed by atoms with Gasteiger partial charge in [-0.1, -0.05) is 184 Å². The second-order valence-electron chi connectivity index (χ2n) is 19.8. The smallest absolute Gasteiger partial charge is 0.518 e. The van der Waals surface area contributed by atoms with Crippen LogP contribution in [0.3, 0.4) is 0 Å². The van der Waals surface area contributed by atoms with Crippen LogP contribution in [0.25, 0.3) is 0 Å². The molecule has 0 atom stereocenters. The number of hydrogen-bond donors (Lipinski definition) is 0. The molecule has 63 heavy (non-hydrogen) atoms. The van der Waals surface area contributed by atoms with Crippen LogP contribution < -0.4 is 19.6 Å². The van der Waals surface area contributed by atoms with E-state index in [1.165, 1.54) is 67.3 Å². The van der Waals surface area contributed by atoms with Crippen LogP contribution in [0.5, 0.6) is 0 Å². The van der Waals surface area contributed by atoms with Gasteiger partial charge in [0.15, 0.2) is 0 Å². The fraction of sp³-hybridized carbons (Fsp3) is 0.481. The monoisotopic (exact) mass is 885 g/mol. The summed E-state index contributed by atoms with van der Waals surface area (Å²) >= 11 is 0. The summed E-state index contributed by atoms with van der Waals surface area (Å²) in [6.45, 7) is 38.5. The molecule has 0 aliphatic carbocycles. The van der Waals surface area contributed by atoms with E-state index in [0.717, 1.165) is 13.3 Å². The molecule has 0 spiro atoms. The molecule has 338 valence electrons. The fourth-order valence-corrected chi connectivity index (χ4v) is 10.1. The quantitative estimate of drug-likeness (QED) is 0.116. The molecule has 0 N–H and O–H groups in total. The molecule has 7 nitrogen and oxygen atoms in total. The van der Waals surface area contributed by atoms with Gasteiger partial charge in [0.25, 0.3) is 0 Å². The lowest BCUT2D eigenvalue weighted by atomic mass is 9.91. The summed E-state index contributed by atoms with van der Waals surface area (Å²) in [7, 11) is -3.82. The van der Waals surface area contributed by atoms with E-state index in [1.54, 1.807) is 0 Å². The van der Waals surface area contributed by atoms with Crippen LogP contribution in [0, 0.1) is 0 Å². The van der Waals surface area contributed by atoms with Gasteiger partial charge in [-0.25, -0.2) is 0 Å². The first-order valence-corrected chi connectivity index (χ1v) is 27.1. The molecule has 0 fully saturated rings. The van der Waals surface area contributed by atoms with Crippen LogP contribution >= 0.6 is 0 Å². The molecule has 3 heterocycles. The standard InChI is InChI=1S/2C27H38N2.O3Si2/c2*1-18(2)22-11-9-12-23(19(3)4)26(22)28-15-16-29(17-28)27-24(20(5)6)13-10-14-25(27)21(7)8;1-4-3-5(4)2/h2*9-16,18-21H,17H2,1-8H3;. The van der Waals surface area contributed by atoms with E-state index in [2.05, 4.69) is 232 Å². The Balaban J connectivity index is 0.000000213. The molecule has 2 aliphatic rings. The van der Waals surface area contributed by atoms with Crippen LogP contribution in [-0.4, -0.2) is 29.4 Å². The molecular formula is C54H76N4O3Si2. The molecule has 4 aromatic carbocycles. The Labute approximate surface area is 383 Å². The third-order valence-electron chi connectivity index (χ3n) is 12.3. The van der Waals surface area contributed by atoms with Gasteiger partial charge in [0.2, 0.25) is 0 Å². The van der Waals surface area contributed by atoms with E-state index >= 15 is 0 Å². The predicted molar refractivity (Wildman–Crippen MR) is 270 cm³/mol. The first kappa shape index (κ1) is 49.4. The maximum atomic E-state index is 9.58. The highest BCUT2D eigenvalue weighted by Gasteiger charge is 2.28. The van der Waals surface area contributed by atoms with Crippen molar-refractivity contribution in [1.82, 2.24) is 0 Å². The van der Waals surface area contributed by atoms with Crippen molar-refractivity contribution in [3.63, 3.8) is 0 Å². The Bertz CT molecular complexity index is 2020. The Morgan fingerprint density at radius 3 is 0.587 bits per heavy atom. The van der Waals surface area contributed by atoms with Gasteiger partial charge in [0, 0.05) is 47.5 Å². The van der Waals surface area contributed by atoms with Crippen LogP contribution in [0.4, 0.5) is 22.7 Å². The number of benzene rings is 4. The second-order valence-corrected chi connectivity index (χ2v) is 24.2. The van der Waals surface area contributed by atoms with Gasteiger partial charge >= 0.3 is 16.1 Å². The minimum atomic E-state index is -1.91. The molecule has 9 heteroatoms. The summed E-state index contributed by atoms with van der Waals surface area (Å²) in [6, 6.07) is 27.2. The molecule has 1 aromatic heterocycles. The highest BCUT2D eigenvalue weighted by molar-refractivity contribution is 6.88. The van der Waals surface area contributed by atoms with E-state index in [-0.39, 0.29) is 0 Å². The second kappa shape index (κ2) is 21.4. The molecule has 2 aliphatic heterocycles. The normalized spacial score (nSPS) is 14.0. The summed E-state index contributed by atoms with van der Waals surface area (Å²) in [5, 5.41) is 0. The Morgan fingerprint density at radius 1 is 0.333 bits per heavy atom. The van der Waals surface area contributed by atoms with Gasteiger partial charge in [-0.2, -0.15) is 0 Å². The summed E-state index contributed by atoms with van der Waals surface area (Å²) < 4.78 is 23.2. The summed E-state index contributed by atoms with van der Waals surface area (Å²) in [5.41, 5.74) is 17.0. The van der Waals surface area contributed by atoms with Gasteiger partial charge in [-0.15, -0.1) is 0 Å². The van der Waals surface area contributed by atoms with Crippen LogP contribution in [0.15, 0.2) is 101 Å². The maximum absolute atomic E-state index is 9.58. The predicted octanol–water partition coefficient (Wildman–Crippen LogP) is 15.0. The summed E-state index contributed by atoms with van der Waals surface area (Å²) in [4.78, 5) is 9.80. The molecule has 0 bridgehead atoms. The Morgan fingerprint density at radius 2 is 0.476 bits per heavy atom. The number of rotatable bonds is 12. The van der Waals surface area contributed by atoms with E-state index in [9.17, 15) is 8.92 Å². The van der Waals surface area contributed by atoms with Crippen molar-refractivity contribution < 1.29 is 12.7 Å². The SMILES string of the molecule is CC(C)c1cccc(C(C)C)c1N1C=CN(c2c(C(C)C)cccc2C(C)C)C1.CC(C)c1cccc(C(C)C)c1N1C=CN(c2c(C(C)C)cccc2C(C)C)C1.O=[si]1o[si]1=O. The topological polar surface area (TPSA) is 60.2 Å². The summed E-state index contributed by atoms with van der Waals surface area (Å²) in [5.74, 6) is 4.00. The third-order valence-corrected chi connectivity index (χ3v) is 14.8. The fourth-order valence-electron chi connectivity index (χ4n) is 8.85. The van der Waals surface area contributed by atoms with Gasteiger partial charge in [0.1, 0.15) is 0 Å². The van der Waals surface area contributed by atoms with Crippen molar-refractivity contribution >= 4 is 38.8 Å². The molecule has 0 saturated heterocycles. The Kier molecular flexibility index (Phi) is 16.8. The average Bonchev–Trinajstić information content (AvgIpc) is 3.58. The van der Waals surface area contributed by atoms with Crippen molar-refractivity contribution in [2.75, 3.05) is 32.9 Å². The molecule has 0 amide bonds. The molecule has 0 saturated carbocycles. The highest BCUT2D eigenvalue weighted by Crippen LogP contribution is 2.43. The van der Waals surface area contributed by atoms with Crippen molar-refractivity contribution in [2.45, 2.75) is 158 Å². The van der Waals surface area contributed by atoms with Crippen LogP contribution in [-0.2, 0) is 8.92 Å². The first-order chi connectivity index (χ1) is 29.7. The zero-order valence-corrected chi connectivity index (χ0v) is 43.3. The average molecular weight is 885 g/mol. The van der Waals surface area contributed by atoms with E-state index in [4.69, 9.17) is 0 Å². The number of anilines is 4. The number of para-hydroxylation sites is 4. The molecule has 5 aromatic rings. The van der Waals surface area contributed by atoms with E-state index in [0.29, 0.717) is 47.3 Å². The van der Waals surface area contributed by atoms with Crippen LogP contribution in [0.2, 0.25) is 0 Å². The molecule has 0 radical (unpaired) electrons. The van der Waals surface area contributed by atoms with Crippen molar-refractivity contribution in [1.29, 1.82) is 0 Å². The van der Waals surface area contributed by atoms with Gasteiger partial charge < -0.3 is 32.3 Å². The maximum Gasteiger partial charge on any atom is 0.586 e. The van der Waals surface area contributed by atoms with Crippen molar-refractivity contribution in [3.8, 4) is 0 Å². The highest BCUT2D eigenvalue weighted by atomic mass is 29.0. The minimum absolute atomic E-state index is 0.500. The first-order valence-electron chi connectivity index (χ1n) is 23.4. The zero-order chi connectivity index (χ0) is 46.4. The molecule has 0 unspecified atom stereocenters. The van der Waals surface area contributed by atoms with Crippen molar-refractivity contribution in [3.05, 3.63) is 142 Å². The molecular weight excluding hydrogens is 809 g/mol. The minimum Gasteiger partial charge on any atom is -0.518 e. The van der Waals surface area contributed by atoms with E-state index in [1.807, 2.05) is 0 Å². The zero-order valence-electron chi connectivity index (χ0n) is 41.3. The van der Waals surface area contributed by atoms with Gasteiger partial charge in [-0.05, 0) is 91.9 Å². The number of nitrogens with zero attached hydrogens (tertiary/aromatic N) is 4. The summed E-state index contributed by atoms with van der Waals surface area (Å²) in [6.07, 6.45) is 9.09. The Hall–Kier alpha value is -4.61. The van der Waals surface area contributed by atoms with Gasteiger partial charge in [0.05, 0.1) is 13.3 Å².